The van der Waals surface area contributed by atoms with Gasteiger partial charge in [-0.1, -0.05) is 12.1 Å². The highest BCUT2D eigenvalue weighted by molar-refractivity contribution is 5.83. The van der Waals surface area contributed by atoms with Crippen LogP contribution in [0.25, 0.3) is 0 Å². The van der Waals surface area contributed by atoms with E-state index in [1.54, 1.807) is 6.07 Å². The average Bonchev–Trinajstić information content (AvgIpc) is 3.17. The van der Waals surface area contributed by atoms with Crippen LogP contribution in [0.5, 0.6) is 5.75 Å². The molecule has 1 amide bonds. The van der Waals surface area contributed by atoms with Gasteiger partial charge in [-0.15, -0.1) is 0 Å². The molecule has 1 aromatic carbocycles. The number of ether oxygens (including phenoxy) is 1. The largest absolute Gasteiger partial charge is 0.484 e. The minimum absolute atomic E-state index is 0.0738. The lowest BCUT2D eigenvalue weighted by Gasteiger charge is -2.20. The van der Waals surface area contributed by atoms with Crippen LogP contribution in [0.1, 0.15) is 18.4 Å². The van der Waals surface area contributed by atoms with Gasteiger partial charge in [0.15, 0.2) is 6.61 Å². The van der Waals surface area contributed by atoms with Crippen molar-refractivity contribution in [2.75, 3.05) is 13.2 Å². The van der Waals surface area contributed by atoms with E-state index in [2.05, 4.69) is 0 Å². The first-order chi connectivity index (χ1) is 9.06. The highest BCUT2D eigenvalue weighted by atomic mass is 16.5. The maximum absolute atomic E-state index is 12.0. The lowest BCUT2D eigenvalue weighted by Crippen LogP contribution is -2.40. The second-order valence-electron chi connectivity index (χ2n) is 4.75. The van der Waals surface area contributed by atoms with E-state index in [-0.39, 0.29) is 25.1 Å². The predicted octanol–water partition coefficient (Wildman–Crippen LogP) is 1.45. The molecule has 19 heavy (non-hydrogen) atoms. The molecular weight excluding hydrogens is 246 g/mol. The van der Waals surface area contributed by atoms with Crippen molar-refractivity contribution in [2.24, 2.45) is 0 Å². The molecule has 1 aliphatic carbocycles. The van der Waals surface area contributed by atoms with Gasteiger partial charge in [-0.25, -0.2) is 0 Å². The van der Waals surface area contributed by atoms with E-state index < -0.39 is 5.97 Å². The summed E-state index contributed by atoms with van der Waals surface area (Å²) in [5, 5.41) is 8.80. The molecule has 1 aliphatic rings. The van der Waals surface area contributed by atoms with E-state index in [9.17, 15) is 9.59 Å². The van der Waals surface area contributed by atoms with Crippen molar-refractivity contribution in [3.63, 3.8) is 0 Å². The van der Waals surface area contributed by atoms with Crippen LogP contribution in [0.15, 0.2) is 24.3 Å². The predicted molar refractivity (Wildman–Crippen MR) is 69.0 cm³/mol. The first kappa shape index (κ1) is 13.4. The SMILES string of the molecule is Cc1cccc(OCC(=O)N(CC(=O)O)C2CC2)c1. The van der Waals surface area contributed by atoms with Crippen molar-refractivity contribution in [2.45, 2.75) is 25.8 Å². The molecule has 0 atom stereocenters. The molecule has 1 aromatic rings. The molecule has 0 heterocycles. The Labute approximate surface area is 111 Å². The monoisotopic (exact) mass is 263 g/mol. The molecule has 1 fully saturated rings. The van der Waals surface area contributed by atoms with E-state index >= 15 is 0 Å². The Bertz CT molecular complexity index is 482. The van der Waals surface area contributed by atoms with Gasteiger partial charge in [0.1, 0.15) is 12.3 Å². The van der Waals surface area contributed by atoms with Crippen LogP contribution in [0, 0.1) is 6.92 Å². The number of hydrogen-bond donors (Lipinski definition) is 1. The zero-order valence-corrected chi connectivity index (χ0v) is 10.8. The summed E-state index contributed by atoms with van der Waals surface area (Å²) in [4.78, 5) is 24.1. The molecular formula is C14H17NO4. The van der Waals surface area contributed by atoms with Crippen molar-refractivity contribution >= 4 is 11.9 Å². The number of carbonyl (C=O) groups is 2. The summed E-state index contributed by atoms with van der Waals surface area (Å²) >= 11 is 0. The number of aryl methyl sites for hydroxylation is 1. The van der Waals surface area contributed by atoms with Crippen molar-refractivity contribution in [3.8, 4) is 5.75 Å². The normalized spacial score (nSPS) is 13.9. The molecule has 2 rings (SSSR count). The fourth-order valence-electron chi connectivity index (χ4n) is 1.89. The van der Waals surface area contributed by atoms with Gasteiger partial charge in [-0.05, 0) is 37.5 Å². The molecule has 1 N–H and O–H groups in total. The number of carbonyl (C=O) groups excluding carboxylic acids is 1. The molecule has 5 heteroatoms. The molecule has 0 radical (unpaired) electrons. The zero-order chi connectivity index (χ0) is 13.8. The maximum atomic E-state index is 12.0. The minimum Gasteiger partial charge on any atom is -0.484 e. The van der Waals surface area contributed by atoms with Crippen LogP contribution in [0.2, 0.25) is 0 Å². The second kappa shape index (κ2) is 5.73. The Balaban J connectivity index is 1.90. The Morgan fingerprint density at radius 2 is 2.16 bits per heavy atom. The molecule has 1 saturated carbocycles. The smallest absolute Gasteiger partial charge is 0.323 e. The van der Waals surface area contributed by atoms with Crippen LogP contribution in [0.3, 0.4) is 0 Å². The van der Waals surface area contributed by atoms with Crippen LogP contribution >= 0.6 is 0 Å². The molecule has 102 valence electrons. The molecule has 0 bridgehead atoms. The van der Waals surface area contributed by atoms with Crippen molar-refractivity contribution < 1.29 is 19.4 Å². The number of amides is 1. The Kier molecular flexibility index (Phi) is 4.04. The fraction of sp³-hybridized carbons (Fsp3) is 0.429. The summed E-state index contributed by atoms with van der Waals surface area (Å²) in [7, 11) is 0. The van der Waals surface area contributed by atoms with E-state index in [1.807, 2.05) is 25.1 Å². The standard InChI is InChI=1S/C14H17NO4/c1-10-3-2-4-12(7-10)19-9-13(16)15(8-14(17)18)11-5-6-11/h2-4,7,11H,5-6,8-9H2,1H3,(H,17,18). The van der Waals surface area contributed by atoms with Crippen molar-refractivity contribution in [3.05, 3.63) is 29.8 Å². The van der Waals surface area contributed by atoms with Crippen LogP contribution in [0.4, 0.5) is 0 Å². The van der Waals surface area contributed by atoms with Gasteiger partial charge in [0, 0.05) is 6.04 Å². The summed E-state index contributed by atoms with van der Waals surface area (Å²) in [6, 6.07) is 7.48. The van der Waals surface area contributed by atoms with Gasteiger partial charge < -0.3 is 14.7 Å². The molecule has 0 aromatic heterocycles. The fourth-order valence-corrected chi connectivity index (χ4v) is 1.89. The first-order valence-corrected chi connectivity index (χ1v) is 6.27. The van der Waals surface area contributed by atoms with E-state index in [0.717, 1.165) is 18.4 Å². The number of benzene rings is 1. The zero-order valence-electron chi connectivity index (χ0n) is 10.8. The van der Waals surface area contributed by atoms with Crippen LogP contribution in [-0.4, -0.2) is 41.1 Å². The first-order valence-electron chi connectivity index (χ1n) is 6.27. The lowest BCUT2D eigenvalue weighted by molar-refractivity contribution is -0.145. The highest BCUT2D eigenvalue weighted by Gasteiger charge is 2.33. The lowest BCUT2D eigenvalue weighted by atomic mass is 10.2. The van der Waals surface area contributed by atoms with Crippen LogP contribution < -0.4 is 4.74 Å². The summed E-state index contributed by atoms with van der Waals surface area (Å²) < 4.78 is 5.40. The van der Waals surface area contributed by atoms with Gasteiger partial charge in [0.05, 0.1) is 0 Å². The number of rotatable bonds is 6. The Morgan fingerprint density at radius 3 is 2.74 bits per heavy atom. The van der Waals surface area contributed by atoms with Gasteiger partial charge in [-0.3, -0.25) is 9.59 Å². The quantitative estimate of drug-likeness (QED) is 0.843. The summed E-state index contributed by atoms with van der Waals surface area (Å²) in [5.41, 5.74) is 1.05. The Hall–Kier alpha value is -2.04. The van der Waals surface area contributed by atoms with Crippen LogP contribution in [-0.2, 0) is 9.59 Å². The van der Waals surface area contributed by atoms with Gasteiger partial charge in [0.25, 0.3) is 5.91 Å². The number of hydrogen-bond acceptors (Lipinski definition) is 3. The highest BCUT2D eigenvalue weighted by Crippen LogP contribution is 2.26. The average molecular weight is 263 g/mol. The number of carboxylic acids is 1. The third-order valence-corrected chi connectivity index (χ3v) is 2.97. The number of nitrogens with zero attached hydrogens (tertiary/aromatic N) is 1. The third kappa shape index (κ3) is 3.98. The van der Waals surface area contributed by atoms with Gasteiger partial charge in [0.2, 0.25) is 0 Å². The maximum Gasteiger partial charge on any atom is 0.323 e. The minimum atomic E-state index is -0.990. The Morgan fingerprint density at radius 1 is 1.42 bits per heavy atom. The molecule has 0 unspecified atom stereocenters. The molecule has 0 spiro atoms. The number of aliphatic carboxylic acids is 1. The van der Waals surface area contributed by atoms with E-state index in [0.29, 0.717) is 5.75 Å². The summed E-state index contributed by atoms with van der Waals surface area (Å²) in [5.74, 6) is -0.637. The molecule has 0 aliphatic heterocycles. The third-order valence-electron chi connectivity index (χ3n) is 2.97. The topological polar surface area (TPSA) is 66.8 Å². The van der Waals surface area contributed by atoms with E-state index in [4.69, 9.17) is 9.84 Å². The number of carboxylic acid groups (broad SMARTS) is 1. The van der Waals surface area contributed by atoms with E-state index in [1.165, 1.54) is 4.90 Å². The molecule has 0 saturated heterocycles. The van der Waals surface area contributed by atoms with Gasteiger partial charge in [-0.2, -0.15) is 0 Å². The second-order valence-corrected chi connectivity index (χ2v) is 4.75. The summed E-state index contributed by atoms with van der Waals surface area (Å²) in [6.45, 7) is 1.57. The van der Waals surface area contributed by atoms with Crippen molar-refractivity contribution in [1.82, 2.24) is 4.90 Å². The van der Waals surface area contributed by atoms with Crippen molar-refractivity contribution in [1.29, 1.82) is 0 Å². The summed E-state index contributed by atoms with van der Waals surface area (Å²) in [6.07, 6.45) is 1.76. The van der Waals surface area contributed by atoms with Gasteiger partial charge >= 0.3 is 5.97 Å². The molecule has 5 nitrogen and oxygen atoms in total.